The van der Waals surface area contributed by atoms with E-state index in [0.29, 0.717) is 23.6 Å². The van der Waals surface area contributed by atoms with Crippen molar-refractivity contribution < 1.29 is 13.7 Å². The van der Waals surface area contributed by atoms with Crippen LogP contribution in [0.5, 0.6) is 0 Å². The molecule has 3 heterocycles. The summed E-state index contributed by atoms with van der Waals surface area (Å²) in [5.74, 6) is 0.411. The monoisotopic (exact) mass is 462 g/mol. The van der Waals surface area contributed by atoms with Crippen LogP contribution in [-0.4, -0.2) is 40.7 Å². The van der Waals surface area contributed by atoms with E-state index >= 15 is 4.39 Å². The molecule has 174 valence electrons. The molecule has 0 saturated heterocycles. The lowest BCUT2D eigenvalue weighted by Crippen LogP contribution is -2.07. The molecule has 1 N–H and O–H groups in total. The lowest BCUT2D eigenvalue weighted by molar-refractivity contribution is 0.0970. The van der Waals surface area contributed by atoms with Crippen LogP contribution in [0, 0.1) is 12.7 Å². The molecule has 1 aromatic carbocycles. The molecule has 0 atom stereocenters. The summed E-state index contributed by atoms with van der Waals surface area (Å²) in [6.45, 7) is 3.71. The number of Topliss-reactive ketones (excluding diaryl/α,β-unsaturated/α-hetero) is 1. The van der Waals surface area contributed by atoms with Crippen molar-refractivity contribution in [3.8, 4) is 11.4 Å². The fraction of sp³-hybridized carbons (Fsp3) is 0.348. The van der Waals surface area contributed by atoms with Gasteiger partial charge in [-0.15, -0.1) is 0 Å². The Labute approximate surface area is 194 Å². The quantitative estimate of drug-likeness (QED) is 0.390. The van der Waals surface area contributed by atoms with Crippen molar-refractivity contribution in [1.82, 2.24) is 34.9 Å². The Morgan fingerprint density at radius 3 is 2.82 bits per heavy atom. The van der Waals surface area contributed by atoms with Gasteiger partial charge in [0, 0.05) is 25.1 Å². The number of nitrogens with one attached hydrogen (secondary N) is 1. The highest BCUT2D eigenvalue weighted by Gasteiger charge is 2.44. The van der Waals surface area contributed by atoms with Crippen molar-refractivity contribution in [3.63, 3.8) is 0 Å². The molecule has 10 nitrogen and oxygen atoms in total. The van der Waals surface area contributed by atoms with E-state index in [4.69, 9.17) is 4.52 Å². The van der Waals surface area contributed by atoms with Crippen molar-refractivity contribution in [2.75, 3.05) is 5.32 Å². The van der Waals surface area contributed by atoms with Gasteiger partial charge in [-0.1, -0.05) is 18.1 Å². The average molecular weight is 462 g/mol. The Morgan fingerprint density at radius 1 is 1.26 bits per heavy atom. The molecule has 1 saturated carbocycles. The minimum Gasteiger partial charge on any atom is -0.338 e. The van der Waals surface area contributed by atoms with Crippen molar-refractivity contribution >= 4 is 17.4 Å². The number of carbonyl (C=O) groups excluding carboxylic acids is 1. The highest BCUT2D eigenvalue weighted by atomic mass is 19.1. The number of ketones is 1. The Balaban J connectivity index is 1.29. The van der Waals surface area contributed by atoms with Crippen LogP contribution >= 0.6 is 0 Å². The first-order chi connectivity index (χ1) is 16.3. The van der Waals surface area contributed by atoms with Crippen LogP contribution in [0.25, 0.3) is 11.4 Å². The van der Waals surface area contributed by atoms with Crippen molar-refractivity contribution in [3.05, 3.63) is 59.5 Å². The number of rotatable bonds is 8. The maximum Gasteiger partial charge on any atom is 0.238 e. The number of carbonyl (C=O) groups is 1. The summed E-state index contributed by atoms with van der Waals surface area (Å²) in [6, 6.07) is 3.40. The third kappa shape index (κ3) is 4.28. The predicted octanol–water partition coefficient (Wildman–Crippen LogP) is 3.71. The maximum absolute atomic E-state index is 15.2. The molecule has 1 fully saturated rings. The number of hydrogen-bond donors (Lipinski definition) is 1. The van der Waals surface area contributed by atoms with Crippen molar-refractivity contribution in [2.24, 2.45) is 7.05 Å². The molecule has 0 amide bonds. The summed E-state index contributed by atoms with van der Waals surface area (Å²) < 4.78 is 22.1. The topological polar surface area (TPSA) is 125 Å². The molecule has 11 heteroatoms. The molecule has 1 aliphatic rings. The first kappa shape index (κ1) is 21.8. The van der Waals surface area contributed by atoms with Crippen LogP contribution in [0.4, 0.5) is 16.0 Å². The lowest BCUT2D eigenvalue weighted by atomic mass is 9.98. The molecular formula is C23H23FN8O2. The third-order valence-corrected chi connectivity index (χ3v) is 6.09. The predicted molar refractivity (Wildman–Crippen MR) is 120 cm³/mol. The number of hydrogen-bond acceptors (Lipinski definition) is 9. The second-order valence-electron chi connectivity index (χ2n) is 8.78. The Hall–Kier alpha value is -4.02. The van der Waals surface area contributed by atoms with E-state index in [-0.39, 0.29) is 40.8 Å². The molecular weight excluding hydrogens is 439 g/mol. The van der Waals surface area contributed by atoms with E-state index in [9.17, 15) is 4.79 Å². The van der Waals surface area contributed by atoms with Gasteiger partial charge in [0.25, 0.3) is 0 Å². The van der Waals surface area contributed by atoms with Gasteiger partial charge in [-0.3, -0.25) is 9.48 Å². The second kappa shape index (κ2) is 8.40. The van der Waals surface area contributed by atoms with E-state index in [2.05, 4.69) is 35.5 Å². The summed E-state index contributed by atoms with van der Waals surface area (Å²) in [5.41, 5.74) is 2.02. The summed E-state index contributed by atoms with van der Waals surface area (Å²) in [7, 11) is 1.80. The number of anilines is 2. The second-order valence-corrected chi connectivity index (χ2v) is 8.78. The molecule has 0 radical (unpaired) electrons. The van der Waals surface area contributed by atoms with Crippen LogP contribution in [-0.2, 0) is 18.9 Å². The molecule has 1 aliphatic carbocycles. The van der Waals surface area contributed by atoms with Gasteiger partial charge in [-0.25, -0.2) is 14.4 Å². The summed E-state index contributed by atoms with van der Waals surface area (Å²) in [5, 5.41) is 10.9. The van der Waals surface area contributed by atoms with Gasteiger partial charge >= 0.3 is 0 Å². The number of benzene rings is 1. The normalized spacial score (nSPS) is 14.2. The number of nitrogens with zero attached hydrogens (tertiary/aromatic N) is 7. The van der Waals surface area contributed by atoms with Gasteiger partial charge in [-0.2, -0.15) is 15.1 Å². The van der Waals surface area contributed by atoms with Crippen LogP contribution < -0.4 is 5.32 Å². The van der Waals surface area contributed by atoms with E-state index in [1.54, 1.807) is 43.2 Å². The van der Waals surface area contributed by atoms with Crippen molar-refractivity contribution in [2.45, 2.75) is 44.9 Å². The van der Waals surface area contributed by atoms with Gasteiger partial charge < -0.3 is 9.84 Å². The Kier molecular flexibility index (Phi) is 5.39. The van der Waals surface area contributed by atoms with Crippen LogP contribution in [0.2, 0.25) is 0 Å². The SMILES string of the molecule is Cc1c(CCC(=O)c2noc(C3(C)CC3)n2)ccc(-c2ncnc(Nc3cnn(C)c3)n2)c1F. The fourth-order valence-electron chi connectivity index (χ4n) is 3.61. The summed E-state index contributed by atoms with van der Waals surface area (Å²) in [6.07, 6.45) is 7.20. The van der Waals surface area contributed by atoms with E-state index in [0.717, 1.165) is 18.4 Å². The molecule has 0 bridgehead atoms. The number of aromatic nitrogens is 7. The molecule has 34 heavy (non-hydrogen) atoms. The van der Waals surface area contributed by atoms with Gasteiger partial charge in [0.1, 0.15) is 12.1 Å². The zero-order valence-corrected chi connectivity index (χ0v) is 19.0. The van der Waals surface area contributed by atoms with E-state index < -0.39 is 5.82 Å². The van der Waals surface area contributed by atoms with Crippen molar-refractivity contribution in [1.29, 1.82) is 0 Å². The fourth-order valence-corrected chi connectivity index (χ4v) is 3.61. The minimum absolute atomic E-state index is 0.0803. The molecule has 4 aromatic rings. The van der Waals surface area contributed by atoms with E-state index in [1.807, 2.05) is 6.92 Å². The zero-order chi connectivity index (χ0) is 23.9. The highest BCUT2D eigenvalue weighted by Crippen LogP contribution is 2.46. The molecule has 0 spiro atoms. The number of aryl methyl sites for hydroxylation is 2. The van der Waals surface area contributed by atoms with Crippen LogP contribution in [0.3, 0.4) is 0 Å². The maximum atomic E-state index is 15.2. The van der Waals surface area contributed by atoms with Gasteiger partial charge in [0.05, 0.1) is 17.4 Å². The molecule has 3 aromatic heterocycles. The molecule has 0 aliphatic heterocycles. The summed E-state index contributed by atoms with van der Waals surface area (Å²) in [4.78, 5) is 29.3. The molecule has 5 rings (SSSR count). The minimum atomic E-state index is -0.438. The van der Waals surface area contributed by atoms with Gasteiger partial charge in [-0.05, 0) is 43.4 Å². The van der Waals surface area contributed by atoms with E-state index in [1.165, 1.54) is 6.33 Å². The summed E-state index contributed by atoms with van der Waals surface area (Å²) >= 11 is 0. The zero-order valence-electron chi connectivity index (χ0n) is 19.0. The lowest BCUT2D eigenvalue weighted by Gasteiger charge is -2.10. The molecule has 0 unspecified atom stereocenters. The first-order valence-corrected chi connectivity index (χ1v) is 10.9. The Morgan fingerprint density at radius 2 is 2.09 bits per heavy atom. The average Bonchev–Trinajstić information content (AvgIpc) is 3.20. The van der Waals surface area contributed by atoms with Crippen LogP contribution in [0.15, 0.2) is 35.4 Å². The number of halogens is 1. The standard InChI is InChI=1S/C23H23FN8O2/c1-13-14(5-7-17(33)20-29-21(34-31-20)23(2)8-9-23)4-6-16(18(13)24)19-25-12-26-22(30-19)28-15-10-27-32(3)11-15/h4,6,10-12H,5,7-9H2,1-3H3,(H,25,26,28,30). The smallest absolute Gasteiger partial charge is 0.238 e. The van der Waals surface area contributed by atoms with Crippen LogP contribution in [0.1, 0.15) is 53.8 Å². The first-order valence-electron chi connectivity index (χ1n) is 10.9. The van der Waals surface area contributed by atoms with Gasteiger partial charge in [0.15, 0.2) is 5.82 Å². The third-order valence-electron chi connectivity index (χ3n) is 6.09. The largest absolute Gasteiger partial charge is 0.338 e. The Bertz CT molecular complexity index is 1380. The van der Waals surface area contributed by atoms with Gasteiger partial charge in [0.2, 0.25) is 23.4 Å². The highest BCUT2D eigenvalue weighted by molar-refractivity contribution is 5.92.